The van der Waals surface area contributed by atoms with Crippen molar-refractivity contribution in [1.82, 2.24) is 0 Å². The average Bonchev–Trinajstić information content (AvgIpc) is 1.61. The number of hydrogen-bond donors (Lipinski definition) is 0. The van der Waals surface area contributed by atoms with Crippen LogP contribution in [0.2, 0.25) is 0 Å². The van der Waals surface area contributed by atoms with Gasteiger partial charge in [0.05, 0.1) is 6.61 Å². The molecule has 0 aromatic rings. The molecule has 0 aliphatic rings. The van der Waals surface area contributed by atoms with Crippen molar-refractivity contribution in [2.75, 3.05) is 6.61 Å². The second-order valence-electron chi connectivity index (χ2n) is 1.51. The van der Waals surface area contributed by atoms with Gasteiger partial charge in [-0.15, -0.1) is 0 Å². The van der Waals surface area contributed by atoms with Crippen molar-refractivity contribution in [2.45, 2.75) is 19.8 Å². The first-order valence-electron chi connectivity index (χ1n) is 2.35. The molecular formula is C5H9O2. The van der Waals surface area contributed by atoms with Crippen LogP contribution in [0.3, 0.4) is 0 Å². The van der Waals surface area contributed by atoms with Gasteiger partial charge in [-0.05, 0) is 13.3 Å². The molecule has 2 heteroatoms. The Balaban J connectivity index is 2.82. The molecule has 0 saturated carbocycles. The highest BCUT2D eigenvalue weighted by Crippen LogP contribution is 1.86. The smallest absolute Gasteiger partial charge is 0.129 e. The number of carbonyl (C=O) groups is 1. The van der Waals surface area contributed by atoms with Crippen LogP contribution in [0.15, 0.2) is 0 Å². The van der Waals surface area contributed by atoms with Crippen LogP contribution >= 0.6 is 0 Å². The van der Waals surface area contributed by atoms with E-state index in [9.17, 15) is 9.90 Å². The maximum Gasteiger partial charge on any atom is 0.129 e. The van der Waals surface area contributed by atoms with Crippen LogP contribution in [-0.2, 0) is 9.90 Å². The van der Waals surface area contributed by atoms with Gasteiger partial charge in [0.25, 0.3) is 0 Å². The minimum atomic E-state index is -0.125. The lowest BCUT2D eigenvalue weighted by Crippen LogP contribution is -1.90. The molecule has 0 aliphatic carbocycles. The van der Waals surface area contributed by atoms with Gasteiger partial charge in [0.2, 0.25) is 0 Å². The second-order valence-corrected chi connectivity index (χ2v) is 1.51. The Morgan fingerprint density at radius 3 is 2.29 bits per heavy atom. The first-order valence-corrected chi connectivity index (χ1v) is 2.35. The zero-order valence-corrected chi connectivity index (χ0v) is 4.44. The van der Waals surface area contributed by atoms with Crippen molar-refractivity contribution >= 4 is 5.78 Å². The molecule has 0 N–H and O–H groups in total. The Morgan fingerprint density at radius 2 is 2.14 bits per heavy atom. The summed E-state index contributed by atoms with van der Waals surface area (Å²) in [6.45, 7) is 1.37. The van der Waals surface area contributed by atoms with Gasteiger partial charge in [-0.1, -0.05) is 0 Å². The predicted octanol–water partition coefficient (Wildman–Crippen LogP) is 0.786. The average molecular weight is 101 g/mol. The summed E-state index contributed by atoms with van der Waals surface area (Å²) in [4.78, 5) is 10.1. The highest BCUT2D eigenvalue weighted by atomic mass is 16.3. The molecule has 7 heavy (non-hydrogen) atoms. The van der Waals surface area contributed by atoms with Crippen molar-refractivity contribution in [1.29, 1.82) is 0 Å². The summed E-state index contributed by atoms with van der Waals surface area (Å²) in [5, 5.41) is 9.68. The molecule has 0 saturated heterocycles. The number of rotatable bonds is 3. The van der Waals surface area contributed by atoms with E-state index in [1.54, 1.807) is 0 Å². The van der Waals surface area contributed by atoms with Gasteiger partial charge in [0.15, 0.2) is 0 Å². The molecule has 0 aromatic carbocycles. The minimum absolute atomic E-state index is 0.107. The van der Waals surface area contributed by atoms with E-state index in [0.717, 1.165) is 0 Å². The molecule has 0 heterocycles. The number of Topliss-reactive ketones (excluding diaryl/α,β-unsaturated/α-hetero) is 1. The molecule has 0 aliphatic heterocycles. The summed E-state index contributed by atoms with van der Waals surface area (Å²) in [6, 6.07) is 0. The van der Waals surface area contributed by atoms with E-state index in [4.69, 9.17) is 0 Å². The quantitative estimate of drug-likeness (QED) is 0.517. The number of hydrogen-bond acceptors (Lipinski definition) is 1. The van der Waals surface area contributed by atoms with Crippen molar-refractivity contribution in [3.05, 3.63) is 0 Å². The molecule has 0 fully saturated rings. The Labute approximate surface area is 43.2 Å². The Kier molecular flexibility index (Phi) is 3.61. The van der Waals surface area contributed by atoms with Crippen molar-refractivity contribution in [2.24, 2.45) is 0 Å². The van der Waals surface area contributed by atoms with Gasteiger partial charge in [-0.25, -0.2) is 5.11 Å². The SMILES string of the molecule is CC(=O)CCC[O]. The molecule has 0 amide bonds. The lowest BCUT2D eigenvalue weighted by atomic mass is 10.2. The normalized spacial score (nSPS) is 8.86. The standard InChI is InChI=1S/C5H9O2/c1-5(7)3-2-4-6/h2-4H2,1H3. The van der Waals surface area contributed by atoms with Gasteiger partial charge < -0.3 is 4.79 Å². The van der Waals surface area contributed by atoms with Crippen LogP contribution in [0.5, 0.6) is 0 Å². The number of ketones is 1. The molecule has 0 bridgehead atoms. The lowest BCUT2D eigenvalue weighted by Gasteiger charge is -1.84. The second kappa shape index (κ2) is 3.81. The highest BCUT2D eigenvalue weighted by Gasteiger charge is 1.89. The Hall–Kier alpha value is -0.370. The predicted molar refractivity (Wildman–Crippen MR) is 25.5 cm³/mol. The summed E-state index contributed by atoms with van der Waals surface area (Å²) >= 11 is 0. The van der Waals surface area contributed by atoms with Gasteiger partial charge in [0.1, 0.15) is 5.78 Å². The first kappa shape index (κ1) is 6.63. The van der Waals surface area contributed by atoms with Gasteiger partial charge in [-0.3, -0.25) is 0 Å². The minimum Gasteiger partial charge on any atom is -0.300 e. The third-order valence-electron chi connectivity index (χ3n) is 0.673. The monoisotopic (exact) mass is 101 g/mol. The topological polar surface area (TPSA) is 37.0 Å². The number of carbonyl (C=O) groups excluding carboxylic acids is 1. The molecule has 0 rings (SSSR count). The van der Waals surface area contributed by atoms with Crippen LogP contribution in [0.1, 0.15) is 19.8 Å². The van der Waals surface area contributed by atoms with Gasteiger partial charge >= 0.3 is 0 Å². The summed E-state index contributed by atoms with van der Waals surface area (Å²) < 4.78 is 0. The molecular weight excluding hydrogens is 92.1 g/mol. The molecule has 0 spiro atoms. The zero-order valence-electron chi connectivity index (χ0n) is 4.44. The van der Waals surface area contributed by atoms with Crippen LogP contribution < -0.4 is 0 Å². The Bertz CT molecular complexity index is 59.1. The van der Waals surface area contributed by atoms with E-state index in [1.807, 2.05) is 0 Å². The highest BCUT2D eigenvalue weighted by molar-refractivity contribution is 5.75. The van der Waals surface area contributed by atoms with E-state index >= 15 is 0 Å². The maximum atomic E-state index is 10.1. The van der Waals surface area contributed by atoms with Crippen LogP contribution in [0.25, 0.3) is 0 Å². The van der Waals surface area contributed by atoms with Crippen molar-refractivity contribution < 1.29 is 9.90 Å². The van der Waals surface area contributed by atoms with Gasteiger partial charge in [-0.2, -0.15) is 0 Å². The van der Waals surface area contributed by atoms with E-state index in [-0.39, 0.29) is 12.4 Å². The Morgan fingerprint density at radius 1 is 1.57 bits per heavy atom. The lowest BCUT2D eigenvalue weighted by molar-refractivity contribution is -0.117. The largest absolute Gasteiger partial charge is 0.300 e. The fraction of sp³-hybridized carbons (Fsp3) is 0.800. The summed E-state index contributed by atoms with van der Waals surface area (Å²) in [7, 11) is 0. The first-order chi connectivity index (χ1) is 3.27. The molecule has 0 atom stereocenters. The maximum absolute atomic E-state index is 10.1. The fourth-order valence-corrected chi connectivity index (χ4v) is 0.321. The van der Waals surface area contributed by atoms with Gasteiger partial charge in [0, 0.05) is 6.42 Å². The van der Waals surface area contributed by atoms with E-state index in [1.165, 1.54) is 6.92 Å². The molecule has 2 nitrogen and oxygen atoms in total. The zero-order chi connectivity index (χ0) is 5.70. The van der Waals surface area contributed by atoms with Crippen LogP contribution in [0, 0.1) is 0 Å². The van der Waals surface area contributed by atoms with Crippen LogP contribution in [0.4, 0.5) is 0 Å². The molecule has 1 radical (unpaired) electrons. The summed E-state index contributed by atoms with van der Waals surface area (Å²) in [6.07, 6.45) is 0.943. The third-order valence-corrected chi connectivity index (χ3v) is 0.673. The molecule has 0 aromatic heterocycles. The van der Waals surface area contributed by atoms with E-state index in [0.29, 0.717) is 12.8 Å². The molecule has 41 valence electrons. The summed E-state index contributed by atoms with van der Waals surface area (Å²) in [5.41, 5.74) is 0. The fourth-order valence-electron chi connectivity index (χ4n) is 0.321. The van der Waals surface area contributed by atoms with Crippen molar-refractivity contribution in [3.8, 4) is 0 Å². The van der Waals surface area contributed by atoms with Crippen molar-refractivity contribution in [3.63, 3.8) is 0 Å². The molecule has 0 unspecified atom stereocenters. The van der Waals surface area contributed by atoms with Crippen LogP contribution in [-0.4, -0.2) is 12.4 Å². The summed E-state index contributed by atoms with van der Waals surface area (Å²) in [5.74, 6) is 0.107. The van der Waals surface area contributed by atoms with E-state index < -0.39 is 0 Å². The van der Waals surface area contributed by atoms with E-state index in [2.05, 4.69) is 0 Å². The third kappa shape index (κ3) is 5.63.